The molecule has 0 radical (unpaired) electrons. The summed E-state index contributed by atoms with van der Waals surface area (Å²) in [7, 11) is 1.83. The van der Waals surface area contributed by atoms with E-state index in [2.05, 4.69) is 25.5 Å². The molecule has 25 heavy (non-hydrogen) atoms. The highest BCUT2D eigenvalue weighted by atomic mass is 32.1. The molecule has 1 amide bonds. The first kappa shape index (κ1) is 15.7. The van der Waals surface area contributed by atoms with Gasteiger partial charge in [-0.2, -0.15) is 10.2 Å². The highest BCUT2D eigenvalue weighted by molar-refractivity contribution is 7.16. The number of nitrogens with one attached hydrogen (secondary N) is 1. The van der Waals surface area contributed by atoms with Gasteiger partial charge in [-0.05, 0) is 26.8 Å². The van der Waals surface area contributed by atoms with E-state index in [4.69, 9.17) is 0 Å². The minimum Gasteiger partial charge on any atom is -0.346 e. The number of aromatic nitrogens is 6. The van der Waals surface area contributed by atoms with Gasteiger partial charge in [-0.1, -0.05) is 11.3 Å². The topological polar surface area (TPSA) is 90.0 Å². The molecule has 4 heterocycles. The van der Waals surface area contributed by atoms with Crippen LogP contribution < -0.4 is 5.32 Å². The van der Waals surface area contributed by atoms with Gasteiger partial charge in [0, 0.05) is 12.7 Å². The summed E-state index contributed by atoms with van der Waals surface area (Å²) in [6.45, 7) is 6.04. The van der Waals surface area contributed by atoms with Crippen molar-refractivity contribution in [3.05, 3.63) is 39.9 Å². The lowest BCUT2D eigenvalue weighted by Crippen LogP contribution is -2.23. The Balaban J connectivity index is 1.62. The normalized spacial score (nSPS) is 11.5. The molecule has 0 fully saturated rings. The Morgan fingerprint density at radius 1 is 1.24 bits per heavy atom. The zero-order chi connectivity index (χ0) is 17.7. The zero-order valence-corrected chi connectivity index (χ0v) is 15.2. The van der Waals surface area contributed by atoms with Crippen molar-refractivity contribution < 1.29 is 4.79 Å². The monoisotopic (exact) mass is 355 g/mol. The summed E-state index contributed by atoms with van der Waals surface area (Å²) in [5.41, 5.74) is 3.64. The lowest BCUT2D eigenvalue weighted by Gasteiger charge is -2.06. The lowest BCUT2D eigenvalue weighted by atomic mass is 10.1. The molecule has 4 aromatic heterocycles. The van der Waals surface area contributed by atoms with E-state index in [1.807, 2.05) is 34.0 Å². The van der Waals surface area contributed by atoms with Crippen LogP contribution in [0.3, 0.4) is 0 Å². The molecule has 0 atom stereocenters. The third kappa shape index (κ3) is 2.66. The Morgan fingerprint density at radius 3 is 2.80 bits per heavy atom. The molecule has 1 N–H and O–H groups in total. The van der Waals surface area contributed by atoms with E-state index in [0.717, 1.165) is 32.4 Å². The standard InChI is InChI=1S/C16H17N7OS/c1-8-5-12(13-9(2)20-22(4)14(13)18-8)15(24)17-6-11-7-23-16(19-11)25-10(3)21-23/h5,7H,6H2,1-4H3,(H,17,24). The van der Waals surface area contributed by atoms with Gasteiger partial charge in [0.1, 0.15) is 5.01 Å². The average Bonchev–Trinajstić information content (AvgIpc) is 3.16. The van der Waals surface area contributed by atoms with Crippen LogP contribution in [-0.2, 0) is 13.6 Å². The molecule has 0 aromatic carbocycles. The van der Waals surface area contributed by atoms with Crippen molar-refractivity contribution in [1.29, 1.82) is 0 Å². The molecule has 4 rings (SSSR count). The SMILES string of the molecule is Cc1cc(C(=O)NCc2cn3nc(C)sc3n2)c2c(C)nn(C)c2n1. The zero-order valence-electron chi connectivity index (χ0n) is 14.4. The van der Waals surface area contributed by atoms with Crippen LogP contribution in [0.4, 0.5) is 0 Å². The summed E-state index contributed by atoms with van der Waals surface area (Å²) in [5, 5.41) is 13.4. The summed E-state index contributed by atoms with van der Waals surface area (Å²) >= 11 is 1.52. The molecule has 0 spiro atoms. The van der Waals surface area contributed by atoms with E-state index >= 15 is 0 Å². The summed E-state index contributed by atoms with van der Waals surface area (Å²) in [6.07, 6.45) is 1.84. The number of hydrogen-bond donors (Lipinski definition) is 1. The number of carbonyl (C=O) groups is 1. The highest BCUT2D eigenvalue weighted by Gasteiger charge is 2.18. The van der Waals surface area contributed by atoms with Gasteiger partial charge in [-0.25, -0.2) is 14.5 Å². The van der Waals surface area contributed by atoms with Gasteiger partial charge in [-0.3, -0.25) is 9.48 Å². The summed E-state index contributed by atoms with van der Waals surface area (Å²) in [5.74, 6) is -0.160. The maximum atomic E-state index is 12.7. The van der Waals surface area contributed by atoms with Gasteiger partial charge in [-0.15, -0.1) is 0 Å². The van der Waals surface area contributed by atoms with E-state index in [-0.39, 0.29) is 5.91 Å². The maximum absolute atomic E-state index is 12.7. The second-order valence-electron chi connectivity index (χ2n) is 5.98. The van der Waals surface area contributed by atoms with Crippen LogP contribution in [0.2, 0.25) is 0 Å². The number of rotatable bonds is 3. The first-order valence-corrected chi connectivity index (χ1v) is 8.65. The molecule has 0 saturated carbocycles. The molecule has 8 nitrogen and oxygen atoms in total. The number of fused-ring (bicyclic) bond motifs is 2. The molecule has 0 aliphatic carbocycles. The second kappa shape index (κ2) is 5.62. The van der Waals surface area contributed by atoms with E-state index in [0.29, 0.717) is 17.8 Å². The van der Waals surface area contributed by atoms with Gasteiger partial charge in [0.2, 0.25) is 4.96 Å². The van der Waals surface area contributed by atoms with Crippen molar-refractivity contribution in [2.75, 3.05) is 0 Å². The Labute approximate surface area is 147 Å². The first-order chi connectivity index (χ1) is 11.9. The predicted molar refractivity (Wildman–Crippen MR) is 94.8 cm³/mol. The number of nitrogens with zero attached hydrogens (tertiary/aromatic N) is 6. The molecule has 0 unspecified atom stereocenters. The minimum atomic E-state index is -0.160. The highest BCUT2D eigenvalue weighted by Crippen LogP contribution is 2.21. The Morgan fingerprint density at radius 2 is 2.04 bits per heavy atom. The van der Waals surface area contributed by atoms with Crippen molar-refractivity contribution in [2.45, 2.75) is 27.3 Å². The number of amides is 1. The van der Waals surface area contributed by atoms with Gasteiger partial charge < -0.3 is 5.32 Å². The number of pyridine rings is 1. The van der Waals surface area contributed by atoms with Crippen LogP contribution in [0.1, 0.15) is 32.4 Å². The Kier molecular flexibility index (Phi) is 3.53. The molecule has 0 bridgehead atoms. The summed E-state index contributed by atoms with van der Waals surface area (Å²) in [6, 6.07) is 1.79. The predicted octanol–water partition coefficient (Wildman–Crippen LogP) is 1.93. The van der Waals surface area contributed by atoms with Gasteiger partial charge >= 0.3 is 0 Å². The fraction of sp³-hybridized carbons (Fsp3) is 0.312. The molecule has 4 aromatic rings. The quantitative estimate of drug-likeness (QED) is 0.606. The maximum Gasteiger partial charge on any atom is 0.252 e. The summed E-state index contributed by atoms with van der Waals surface area (Å²) in [4.78, 5) is 22.5. The van der Waals surface area contributed by atoms with Gasteiger partial charge in [0.05, 0.1) is 35.1 Å². The molecular weight excluding hydrogens is 338 g/mol. The van der Waals surface area contributed by atoms with Crippen molar-refractivity contribution in [3.8, 4) is 0 Å². The van der Waals surface area contributed by atoms with Crippen LogP contribution in [0.15, 0.2) is 12.3 Å². The molecule has 128 valence electrons. The number of carbonyl (C=O) groups excluding carboxylic acids is 1. The number of hydrogen-bond acceptors (Lipinski definition) is 6. The average molecular weight is 355 g/mol. The second-order valence-corrected chi connectivity index (χ2v) is 7.14. The van der Waals surface area contributed by atoms with E-state index < -0.39 is 0 Å². The summed E-state index contributed by atoms with van der Waals surface area (Å²) < 4.78 is 3.44. The van der Waals surface area contributed by atoms with Crippen LogP contribution in [0, 0.1) is 20.8 Å². The van der Waals surface area contributed by atoms with Gasteiger partial charge in [0.25, 0.3) is 5.91 Å². The number of imidazole rings is 1. The number of aryl methyl sites for hydroxylation is 4. The van der Waals surface area contributed by atoms with Crippen molar-refractivity contribution >= 4 is 33.2 Å². The van der Waals surface area contributed by atoms with E-state index in [9.17, 15) is 4.79 Å². The van der Waals surface area contributed by atoms with Gasteiger partial charge in [0.15, 0.2) is 5.65 Å². The fourth-order valence-corrected chi connectivity index (χ4v) is 3.69. The van der Waals surface area contributed by atoms with Crippen LogP contribution in [0.25, 0.3) is 16.0 Å². The first-order valence-electron chi connectivity index (χ1n) is 7.83. The molecule has 0 aliphatic heterocycles. The Bertz CT molecular complexity index is 1090. The fourth-order valence-electron chi connectivity index (χ4n) is 2.95. The van der Waals surface area contributed by atoms with Crippen molar-refractivity contribution in [2.24, 2.45) is 7.05 Å². The van der Waals surface area contributed by atoms with Crippen LogP contribution in [-0.4, -0.2) is 35.3 Å². The molecular formula is C16H17N7OS. The molecule has 9 heteroatoms. The Hall–Kier alpha value is -2.81. The smallest absolute Gasteiger partial charge is 0.252 e. The molecule has 0 aliphatic rings. The minimum absolute atomic E-state index is 0.160. The molecule has 0 saturated heterocycles. The van der Waals surface area contributed by atoms with E-state index in [1.54, 1.807) is 15.3 Å². The van der Waals surface area contributed by atoms with E-state index in [1.165, 1.54) is 11.3 Å². The third-order valence-electron chi connectivity index (χ3n) is 3.97. The van der Waals surface area contributed by atoms with Crippen molar-refractivity contribution in [3.63, 3.8) is 0 Å². The largest absolute Gasteiger partial charge is 0.346 e. The van der Waals surface area contributed by atoms with Crippen LogP contribution in [0.5, 0.6) is 0 Å². The van der Waals surface area contributed by atoms with Crippen molar-refractivity contribution in [1.82, 2.24) is 34.7 Å². The third-order valence-corrected chi connectivity index (χ3v) is 4.80. The lowest BCUT2D eigenvalue weighted by molar-refractivity contribution is 0.0952. The van der Waals surface area contributed by atoms with Crippen LogP contribution >= 0.6 is 11.3 Å².